The van der Waals surface area contributed by atoms with Gasteiger partial charge in [-0.25, -0.2) is 4.98 Å². The number of halogens is 1. The molecular weight excluding hydrogens is 282 g/mol. The van der Waals surface area contributed by atoms with E-state index in [4.69, 9.17) is 16.3 Å². The van der Waals surface area contributed by atoms with Gasteiger partial charge in [0.2, 0.25) is 5.88 Å². The zero-order chi connectivity index (χ0) is 14.5. The lowest BCUT2D eigenvalue weighted by Crippen LogP contribution is -2.03. The maximum absolute atomic E-state index is 11.0. The van der Waals surface area contributed by atoms with E-state index in [-0.39, 0.29) is 5.69 Å². The molecule has 0 bridgehead atoms. The number of pyridine rings is 1. The molecule has 7 heteroatoms. The number of anilines is 1. The second kappa shape index (κ2) is 6.21. The Kier molecular flexibility index (Phi) is 4.37. The summed E-state index contributed by atoms with van der Waals surface area (Å²) in [5, 5.41) is 14.4. The minimum atomic E-state index is -0.449. The van der Waals surface area contributed by atoms with E-state index in [0.29, 0.717) is 23.0 Å². The zero-order valence-corrected chi connectivity index (χ0v) is 11.4. The van der Waals surface area contributed by atoms with Gasteiger partial charge in [0.15, 0.2) is 0 Å². The van der Waals surface area contributed by atoms with Gasteiger partial charge in [0.05, 0.1) is 23.9 Å². The smallest absolute Gasteiger partial charge is 0.275 e. The number of hydrogen-bond donors (Lipinski definition) is 1. The van der Waals surface area contributed by atoms with Crippen LogP contribution in [-0.2, 0) is 6.54 Å². The third-order valence-electron chi connectivity index (χ3n) is 2.67. The molecule has 0 aliphatic carbocycles. The van der Waals surface area contributed by atoms with Crippen LogP contribution in [0.4, 0.5) is 11.4 Å². The Morgan fingerprint density at radius 2 is 2.20 bits per heavy atom. The summed E-state index contributed by atoms with van der Waals surface area (Å²) in [7, 11) is 1.53. The van der Waals surface area contributed by atoms with Crippen LogP contribution < -0.4 is 10.1 Å². The van der Waals surface area contributed by atoms with Crippen molar-refractivity contribution in [1.29, 1.82) is 0 Å². The molecule has 0 unspecified atom stereocenters. The summed E-state index contributed by atoms with van der Waals surface area (Å²) in [6.07, 6.45) is 1.60. The van der Waals surface area contributed by atoms with Crippen molar-refractivity contribution in [2.45, 2.75) is 6.54 Å². The van der Waals surface area contributed by atoms with Gasteiger partial charge in [-0.1, -0.05) is 11.6 Å². The molecule has 0 saturated heterocycles. The SMILES string of the molecule is COc1ccc(NCc2ccc(Cl)cc2[N+](=O)[O-])cn1. The largest absolute Gasteiger partial charge is 0.481 e. The molecule has 6 nitrogen and oxygen atoms in total. The lowest BCUT2D eigenvalue weighted by atomic mass is 10.2. The number of methoxy groups -OCH3 is 1. The Morgan fingerprint density at radius 1 is 1.40 bits per heavy atom. The van der Waals surface area contributed by atoms with Crippen LogP contribution in [0, 0.1) is 10.1 Å². The lowest BCUT2D eigenvalue weighted by molar-refractivity contribution is -0.385. The first-order valence-electron chi connectivity index (χ1n) is 5.77. The van der Waals surface area contributed by atoms with E-state index in [1.54, 1.807) is 30.5 Å². The van der Waals surface area contributed by atoms with E-state index in [2.05, 4.69) is 10.3 Å². The molecule has 0 aliphatic rings. The Balaban J connectivity index is 2.12. The van der Waals surface area contributed by atoms with Gasteiger partial charge in [0.1, 0.15) is 0 Å². The highest BCUT2D eigenvalue weighted by Crippen LogP contribution is 2.24. The molecule has 1 heterocycles. The number of rotatable bonds is 5. The molecule has 0 aliphatic heterocycles. The number of ether oxygens (including phenoxy) is 1. The van der Waals surface area contributed by atoms with Crippen molar-refractivity contribution in [2.24, 2.45) is 0 Å². The molecule has 0 fully saturated rings. The summed E-state index contributed by atoms with van der Waals surface area (Å²) in [5.74, 6) is 0.507. The standard InChI is InChI=1S/C13H12ClN3O3/c1-20-13-5-4-11(8-16-13)15-7-9-2-3-10(14)6-12(9)17(18)19/h2-6,8,15H,7H2,1H3. The van der Waals surface area contributed by atoms with Crippen LogP contribution in [0.5, 0.6) is 5.88 Å². The summed E-state index contributed by atoms with van der Waals surface area (Å²) in [4.78, 5) is 14.6. The molecule has 0 amide bonds. The van der Waals surface area contributed by atoms with Crippen molar-refractivity contribution in [2.75, 3.05) is 12.4 Å². The molecular formula is C13H12ClN3O3. The van der Waals surface area contributed by atoms with Gasteiger partial charge in [0.25, 0.3) is 5.69 Å². The number of nitro groups is 1. The van der Waals surface area contributed by atoms with Crippen molar-refractivity contribution < 1.29 is 9.66 Å². The lowest BCUT2D eigenvalue weighted by Gasteiger charge is -2.07. The third kappa shape index (κ3) is 3.36. The van der Waals surface area contributed by atoms with Crippen LogP contribution in [0.3, 0.4) is 0 Å². The first kappa shape index (κ1) is 14.1. The number of nitrogens with zero attached hydrogens (tertiary/aromatic N) is 2. The summed E-state index contributed by atoms with van der Waals surface area (Å²) < 4.78 is 4.95. The van der Waals surface area contributed by atoms with Crippen LogP contribution >= 0.6 is 11.6 Å². The number of aromatic nitrogens is 1. The Labute approximate surface area is 120 Å². The fourth-order valence-corrected chi connectivity index (χ4v) is 1.83. The minimum absolute atomic E-state index is 0.00790. The van der Waals surface area contributed by atoms with Crippen LogP contribution in [0.2, 0.25) is 5.02 Å². The quantitative estimate of drug-likeness (QED) is 0.676. The molecule has 0 radical (unpaired) electrons. The van der Waals surface area contributed by atoms with Crippen LogP contribution in [0.15, 0.2) is 36.5 Å². The normalized spacial score (nSPS) is 10.1. The van der Waals surface area contributed by atoms with Crippen molar-refractivity contribution >= 4 is 23.0 Å². The van der Waals surface area contributed by atoms with E-state index in [1.165, 1.54) is 13.2 Å². The van der Waals surface area contributed by atoms with E-state index in [9.17, 15) is 10.1 Å². The fourth-order valence-electron chi connectivity index (χ4n) is 1.66. The highest BCUT2D eigenvalue weighted by atomic mass is 35.5. The number of nitro benzene ring substituents is 1. The maximum atomic E-state index is 11.0. The second-order valence-electron chi connectivity index (χ2n) is 3.97. The van der Waals surface area contributed by atoms with Gasteiger partial charge in [-0.05, 0) is 18.2 Å². The average molecular weight is 294 g/mol. The first-order chi connectivity index (χ1) is 9.60. The van der Waals surface area contributed by atoms with E-state index >= 15 is 0 Å². The predicted octanol–water partition coefficient (Wildman–Crippen LogP) is 3.26. The Morgan fingerprint density at radius 3 is 2.80 bits per heavy atom. The average Bonchev–Trinajstić information content (AvgIpc) is 2.46. The van der Waals surface area contributed by atoms with Crippen molar-refractivity contribution in [3.63, 3.8) is 0 Å². The van der Waals surface area contributed by atoms with Crippen molar-refractivity contribution in [3.05, 3.63) is 57.2 Å². The van der Waals surface area contributed by atoms with Crippen molar-refractivity contribution in [1.82, 2.24) is 4.98 Å². The first-order valence-corrected chi connectivity index (χ1v) is 6.14. The summed E-state index contributed by atoms with van der Waals surface area (Å²) in [6, 6.07) is 8.08. The van der Waals surface area contributed by atoms with Crippen molar-refractivity contribution in [3.8, 4) is 5.88 Å². The molecule has 20 heavy (non-hydrogen) atoms. The maximum Gasteiger partial charge on any atom is 0.275 e. The highest BCUT2D eigenvalue weighted by molar-refractivity contribution is 6.30. The molecule has 1 N–H and O–H groups in total. The number of nitrogens with one attached hydrogen (secondary N) is 1. The molecule has 2 aromatic rings. The minimum Gasteiger partial charge on any atom is -0.481 e. The Bertz CT molecular complexity index is 617. The molecule has 0 spiro atoms. The highest BCUT2D eigenvalue weighted by Gasteiger charge is 2.13. The Hall–Kier alpha value is -2.34. The predicted molar refractivity (Wildman–Crippen MR) is 76.2 cm³/mol. The van der Waals surface area contributed by atoms with Gasteiger partial charge >= 0.3 is 0 Å². The van der Waals surface area contributed by atoms with Gasteiger partial charge in [0, 0.05) is 29.3 Å². The number of hydrogen-bond acceptors (Lipinski definition) is 5. The topological polar surface area (TPSA) is 77.3 Å². The molecule has 0 atom stereocenters. The van der Waals surface area contributed by atoms with Crippen LogP contribution in [0.1, 0.15) is 5.56 Å². The van der Waals surface area contributed by atoms with Crippen LogP contribution in [-0.4, -0.2) is 17.0 Å². The zero-order valence-electron chi connectivity index (χ0n) is 10.7. The summed E-state index contributed by atoms with van der Waals surface area (Å²) >= 11 is 5.76. The fraction of sp³-hybridized carbons (Fsp3) is 0.154. The van der Waals surface area contributed by atoms with Gasteiger partial charge < -0.3 is 10.1 Å². The monoisotopic (exact) mass is 293 g/mol. The van der Waals surface area contributed by atoms with Gasteiger partial charge in [-0.15, -0.1) is 0 Å². The summed E-state index contributed by atoms with van der Waals surface area (Å²) in [6.45, 7) is 0.307. The third-order valence-corrected chi connectivity index (χ3v) is 2.91. The van der Waals surface area contributed by atoms with E-state index in [0.717, 1.165) is 5.69 Å². The van der Waals surface area contributed by atoms with Crippen LogP contribution in [0.25, 0.3) is 0 Å². The van der Waals surface area contributed by atoms with E-state index < -0.39 is 4.92 Å². The molecule has 1 aromatic carbocycles. The molecule has 2 rings (SSSR count). The molecule has 1 aromatic heterocycles. The van der Waals surface area contributed by atoms with Gasteiger partial charge in [-0.2, -0.15) is 0 Å². The molecule has 0 saturated carbocycles. The van der Waals surface area contributed by atoms with Gasteiger partial charge in [-0.3, -0.25) is 10.1 Å². The second-order valence-corrected chi connectivity index (χ2v) is 4.41. The van der Waals surface area contributed by atoms with E-state index in [1.807, 2.05) is 0 Å². The summed E-state index contributed by atoms with van der Waals surface area (Å²) in [5.41, 5.74) is 1.29. The number of benzene rings is 1. The molecule has 104 valence electrons.